The molecule has 2 amide bonds. The van der Waals surface area contributed by atoms with E-state index in [0.717, 1.165) is 22.1 Å². The normalized spacial score (nSPS) is 14.8. The smallest absolute Gasteiger partial charge is 0.360 e. The number of hydrogen-bond acceptors (Lipinski definition) is 4. The van der Waals surface area contributed by atoms with Crippen molar-refractivity contribution in [1.29, 1.82) is 0 Å². The molecular weight excluding hydrogens is 387 g/mol. The van der Waals surface area contributed by atoms with Crippen LogP contribution in [0.1, 0.15) is 41.5 Å². The number of nitrogens with one attached hydrogen (secondary N) is 2. The average Bonchev–Trinajstić information content (AvgIpc) is 3.13. The third kappa shape index (κ3) is 4.69. The molecule has 2 N–H and O–H groups in total. The average molecular weight is 409 g/mol. The number of hydrogen-bond donors (Lipinski definition) is 2. The van der Waals surface area contributed by atoms with Gasteiger partial charge in [0.15, 0.2) is 5.69 Å². The number of alkyl halides is 3. The molecule has 1 fully saturated rings. The molecule has 29 heavy (non-hydrogen) atoms. The Balaban J connectivity index is 1.67. The van der Waals surface area contributed by atoms with Crippen LogP contribution in [0.3, 0.4) is 0 Å². The number of piperazine rings is 1. The molecule has 1 aliphatic heterocycles. The van der Waals surface area contributed by atoms with E-state index in [1.54, 1.807) is 26.0 Å². The largest absolute Gasteiger partial charge is 0.433 e. The van der Waals surface area contributed by atoms with Gasteiger partial charge in [0, 0.05) is 31.4 Å². The summed E-state index contributed by atoms with van der Waals surface area (Å²) in [5, 5.41) is 8.99. The zero-order valence-electron chi connectivity index (χ0n) is 16.1. The number of benzene rings is 1. The summed E-state index contributed by atoms with van der Waals surface area (Å²) in [6.07, 6.45) is -3.74. The fourth-order valence-corrected chi connectivity index (χ4v) is 3.16. The minimum Gasteiger partial charge on any atom is -0.360 e. The number of anilines is 1. The van der Waals surface area contributed by atoms with Gasteiger partial charge in [-0.2, -0.15) is 18.3 Å². The van der Waals surface area contributed by atoms with Gasteiger partial charge in [0.25, 0.3) is 5.91 Å². The van der Waals surface area contributed by atoms with Crippen molar-refractivity contribution in [2.75, 3.05) is 24.5 Å². The van der Waals surface area contributed by atoms with Crippen molar-refractivity contribution in [2.45, 2.75) is 32.6 Å². The fraction of sp³-hybridized carbons (Fsp3) is 0.421. The number of amides is 2. The lowest BCUT2D eigenvalue weighted by molar-refractivity contribution is -0.145. The molecule has 0 unspecified atom stereocenters. The summed E-state index contributed by atoms with van der Waals surface area (Å²) in [6, 6.07) is 6.64. The number of carbonyl (C=O) groups excluding carboxylic acids is 2. The van der Waals surface area contributed by atoms with Crippen LogP contribution in [0.25, 0.3) is 0 Å². The molecule has 1 aliphatic rings. The van der Waals surface area contributed by atoms with Crippen LogP contribution in [-0.2, 0) is 17.5 Å². The third-order valence-corrected chi connectivity index (χ3v) is 4.59. The van der Waals surface area contributed by atoms with Crippen LogP contribution in [-0.4, -0.2) is 41.2 Å². The van der Waals surface area contributed by atoms with Gasteiger partial charge in [-0.1, -0.05) is 12.1 Å². The lowest BCUT2D eigenvalue weighted by Crippen LogP contribution is -2.47. The van der Waals surface area contributed by atoms with Crippen molar-refractivity contribution in [1.82, 2.24) is 20.4 Å². The highest BCUT2D eigenvalue weighted by Crippen LogP contribution is 2.33. The van der Waals surface area contributed by atoms with Crippen LogP contribution in [0.4, 0.5) is 18.9 Å². The number of halogens is 3. The molecule has 0 saturated carbocycles. The number of nitrogens with zero attached hydrogens (tertiary/aromatic N) is 3. The molecule has 1 aromatic heterocycles. The van der Waals surface area contributed by atoms with E-state index in [4.69, 9.17) is 0 Å². The Morgan fingerprint density at radius 2 is 1.97 bits per heavy atom. The fourth-order valence-electron chi connectivity index (χ4n) is 3.16. The zero-order chi connectivity index (χ0) is 21.2. The molecule has 1 saturated heterocycles. The SMILES string of the molecule is CC(C)n1ncc(C(=O)NCc2ccc(N3CCNC(=O)C3)cc2)c1C(F)(F)F. The maximum atomic E-state index is 13.4. The predicted octanol–water partition coefficient (Wildman–Crippen LogP) is 2.35. The van der Waals surface area contributed by atoms with Crippen LogP contribution in [0.15, 0.2) is 30.5 Å². The molecule has 0 bridgehead atoms. The summed E-state index contributed by atoms with van der Waals surface area (Å²) in [4.78, 5) is 25.8. The molecule has 2 heterocycles. The summed E-state index contributed by atoms with van der Waals surface area (Å²) in [6.45, 7) is 4.75. The maximum Gasteiger partial charge on any atom is 0.433 e. The standard InChI is InChI=1S/C19H22F3N5O2/c1-12(2)27-17(19(20,21)22)15(10-25-27)18(29)24-9-13-3-5-14(6-4-13)26-8-7-23-16(28)11-26/h3-6,10,12H,7-9,11H2,1-2H3,(H,23,28)(H,24,29). The van der Waals surface area contributed by atoms with E-state index < -0.39 is 29.4 Å². The second kappa shape index (κ2) is 8.14. The molecule has 1 aromatic carbocycles. The lowest BCUT2D eigenvalue weighted by atomic mass is 10.1. The highest BCUT2D eigenvalue weighted by Gasteiger charge is 2.40. The summed E-state index contributed by atoms with van der Waals surface area (Å²) >= 11 is 0. The molecule has 0 spiro atoms. The predicted molar refractivity (Wildman–Crippen MR) is 100 cm³/mol. The van der Waals surface area contributed by atoms with Gasteiger partial charge in [0.05, 0.1) is 18.3 Å². The van der Waals surface area contributed by atoms with Crippen LogP contribution in [0.5, 0.6) is 0 Å². The molecule has 0 atom stereocenters. The van der Waals surface area contributed by atoms with Crippen molar-refractivity contribution >= 4 is 17.5 Å². The lowest BCUT2D eigenvalue weighted by Gasteiger charge is -2.28. The van der Waals surface area contributed by atoms with Gasteiger partial charge in [-0.15, -0.1) is 0 Å². The Morgan fingerprint density at radius 3 is 2.55 bits per heavy atom. The molecule has 7 nitrogen and oxygen atoms in total. The van der Waals surface area contributed by atoms with E-state index in [-0.39, 0.29) is 19.0 Å². The molecule has 156 valence electrons. The highest BCUT2D eigenvalue weighted by molar-refractivity contribution is 5.95. The van der Waals surface area contributed by atoms with Gasteiger partial charge in [0.1, 0.15) is 0 Å². The van der Waals surface area contributed by atoms with Crippen molar-refractivity contribution in [3.8, 4) is 0 Å². The Kier molecular flexibility index (Phi) is 5.81. The minimum absolute atomic E-state index is 0.0463. The molecule has 3 rings (SSSR count). The van der Waals surface area contributed by atoms with Crippen LogP contribution >= 0.6 is 0 Å². The molecular formula is C19H22F3N5O2. The first-order valence-electron chi connectivity index (χ1n) is 9.20. The number of aromatic nitrogens is 2. The van der Waals surface area contributed by atoms with Gasteiger partial charge >= 0.3 is 6.18 Å². The molecule has 2 aromatic rings. The van der Waals surface area contributed by atoms with E-state index in [9.17, 15) is 22.8 Å². The van der Waals surface area contributed by atoms with Gasteiger partial charge in [-0.3, -0.25) is 14.3 Å². The first-order chi connectivity index (χ1) is 13.7. The topological polar surface area (TPSA) is 79.3 Å². The molecule has 0 radical (unpaired) electrons. The van der Waals surface area contributed by atoms with Crippen molar-refractivity contribution in [3.63, 3.8) is 0 Å². The van der Waals surface area contributed by atoms with Crippen LogP contribution < -0.4 is 15.5 Å². The van der Waals surface area contributed by atoms with E-state index in [1.807, 2.05) is 17.0 Å². The number of carbonyl (C=O) groups is 2. The zero-order valence-corrected chi connectivity index (χ0v) is 16.1. The van der Waals surface area contributed by atoms with Gasteiger partial charge in [0.2, 0.25) is 5.91 Å². The Labute approximate surface area is 165 Å². The van der Waals surface area contributed by atoms with Crippen molar-refractivity contribution < 1.29 is 22.8 Å². The summed E-state index contributed by atoms with van der Waals surface area (Å²) in [7, 11) is 0. The Bertz CT molecular complexity index is 890. The Morgan fingerprint density at radius 1 is 1.28 bits per heavy atom. The van der Waals surface area contributed by atoms with Crippen LogP contribution in [0, 0.1) is 0 Å². The van der Waals surface area contributed by atoms with E-state index in [0.29, 0.717) is 13.1 Å². The van der Waals surface area contributed by atoms with Gasteiger partial charge in [-0.05, 0) is 31.5 Å². The first-order valence-corrected chi connectivity index (χ1v) is 9.20. The van der Waals surface area contributed by atoms with Gasteiger partial charge < -0.3 is 15.5 Å². The Hall–Kier alpha value is -3.04. The molecule has 10 heteroatoms. The van der Waals surface area contributed by atoms with E-state index in [1.165, 1.54) is 0 Å². The van der Waals surface area contributed by atoms with Gasteiger partial charge in [-0.25, -0.2) is 0 Å². The quantitative estimate of drug-likeness (QED) is 0.795. The summed E-state index contributed by atoms with van der Waals surface area (Å²) in [5.41, 5.74) is 0.0479. The highest BCUT2D eigenvalue weighted by atomic mass is 19.4. The second-order valence-corrected chi connectivity index (χ2v) is 7.06. The third-order valence-electron chi connectivity index (χ3n) is 4.59. The van der Waals surface area contributed by atoms with Crippen molar-refractivity contribution in [2.24, 2.45) is 0 Å². The van der Waals surface area contributed by atoms with Crippen LogP contribution in [0.2, 0.25) is 0 Å². The molecule has 0 aliphatic carbocycles. The number of rotatable bonds is 5. The van der Waals surface area contributed by atoms with Crippen molar-refractivity contribution in [3.05, 3.63) is 47.3 Å². The monoisotopic (exact) mass is 409 g/mol. The van der Waals surface area contributed by atoms with E-state index in [2.05, 4.69) is 15.7 Å². The minimum atomic E-state index is -4.68. The summed E-state index contributed by atoms with van der Waals surface area (Å²) < 4.78 is 41.0. The van der Waals surface area contributed by atoms with E-state index >= 15 is 0 Å². The second-order valence-electron chi connectivity index (χ2n) is 7.06. The summed E-state index contributed by atoms with van der Waals surface area (Å²) in [5.74, 6) is -0.879. The first kappa shape index (κ1) is 20.7. The maximum absolute atomic E-state index is 13.4.